The van der Waals surface area contributed by atoms with Crippen molar-refractivity contribution >= 4 is 27.4 Å². The molecule has 1 rings (SSSR count). The molecule has 0 aliphatic carbocycles. The van der Waals surface area contributed by atoms with E-state index in [0.717, 1.165) is 6.07 Å². The molecule has 4 nitrogen and oxygen atoms in total. The minimum absolute atomic E-state index is 0. The van der Waals surface area contributed by atoms with Gasteiger partial charge in [0.25, 0.3) is 0 Å². The van der Waals surface area contributed by atoms with Crippen molar-refractivity contribution in [1.29, 1.82) is 0 Å². The molecule has 0 fully saturated rings. The molecule has 0 amide bonds. The molecule has 2 N–H and O–H groups in total. The zero-order chi connectivity index (χ0) is 10.2. The maximum Gasteiger partial charge on any atom is 1.00 e. The van der Waals surface area contributed by atoms with Gasteiger partial charge >= 0.3 is 18.9 Å². The molecule has 1 aromatic carbocycles. The summed E-state index contributed by atoms with van der Waals surface area (Å²) in [5, 5.41) is 0.108. The molecule has 0 aliphatic heterocycles. The monoisotopic (exact) mass is 227 g/mol. The minimum Gasteiger partial charge on any atom is -0.744 e. The van der Waals surface area contributed by atoms with Gasteiger partial charge in [-0.15, -0.1) is 0 Å². The van der Waals surface area contributed by atoms with Crippen LogP contribution in [0.4, 0.5) is 5.69 Å². The Kier molecular flexibility index (Phi) is 4.50. The predicted octanol–water partition coefficient (Wildman–Crippen LogP) is -1.86. The van der Waals surface area contributed by atoms with E-state index < -0.39 is 10.1 Å². The van der Waals surface area contributed by atoms with Gasteiger partial charge in [-0.2, -0.15) is 0 Å². The van der Waals surface area contributed by atoms with E-state index in [9.17, 15) is 13.0 Å². The van der Waals surface area contributed by atoms with Crippen molar-refractivity contribution in [3.05, 3.63) is 22.7 Å². The van der Waals surface area contributed by atoms with Crippen LogP contribution in [0.1, 0.15) is 5.56 Å². The third-order valence-electron chi connectivity index (χ3n) is 1.64. The first-order chi connectivity index (χ1) is 5.84. The smallest absolute Gasteiger partial charge is 0.744 e. The van der Waals surface area contributed by atoms with Crippen molar-refractivity contribution in [2.24, 2.45) is 0 Å². The number of anilines is 1. The fourth-order valence-electron chi connectivity index (χ4n) is 0.959. The van der Waals surface area contributed by atoms with Gasteiger partial charge < -0.3 is 10.3 Å². The fraction of sp³-hybridized carbons (Fsp3) is 0.143. The average Bonchev–Trinajstić information content (AvgIpc) is 1.98. The zero-order valence-electron chi connectivity index (χ0n) is 7.74. The van der Waals surface area contributed by atoms with Crippen molar-refractivity contribution in [2.75, 3.05) is 5.73 Å². The van der Waals surface area contributed by atoms with Crippen molar-refractivity contribution in [3.63, 3.8) is 0 Å². The quantitative estimate of drug-likeness (QED) is 0.346. The molecule has 0 atom stereocenters. The van der Waals surface area contributed by atoms with E-state index in [1.165, 1.54) is 13.0 Å². The molecule has 0 heterocycles. The minimum atomic E-state index is -4.46. The van der Waals surface area contributed by atoms with Gasteiger partial charge in [-0.25, -0.2) is 8.42 Å². The van der Waals surface area contributed by atoms with Gasteiger partial charge in [-0.1, -0.05) is 11.6 Å². The Balaban J connectivity index is 0.00000169. The largest absolute Gasteiger partial charge is 1.00 e. The van der Waals surface area contributed by atoms with Crippen LogP contribution in [0, 0.1) is 6.92 Å². The van der Waals surface area contributed by atoms with E-state index in [2.05, 4.69) is 0 Å². The second kappa shape index (κ2) is 4.56. The molecule has 7 heteroatoms. The van der Waals surface area contributed by atoms with Crippen LogP contribution in [0.5, 0.6) is 0 Å². The summed E-state index contributed by atoms with van der Waals surface area (Å²) in [5.41, 5.74) is 5.85. The summed E-state index contributed by atoms with van der Waals surface area (Å²) >= 11 is 5.66. The number of nitrogen functional groups attached to an aromatic ring is 1. The average molecular weight is 228 g/mol. The zero-order valence-corrected chi connectivity index (χ0v) is 9.32. The molecule has 0 spiro atoms. The van der Waals surface area contributed by atoms with Crippen molar-refractivity contribution in [3.8, 4) is 0 Å². The van der Waals surface area contributed by atoms with Gasteiger partial charge in [0, 0.05) is 0 Å². The Hall–Kier alpha value is -0.183. The van der Waals surface area contributed by atoms with Crippen LogP contribution >= 0.6 is 11.6 Å². The Morgan fingerprint density at radius 1 is 1.43 bits per heavy atom. The molecular weight excluding hydrogens is 221 g/mol. The fourth-order valence-corrected chi connectivity index (χ4v) is 1.89. The number of rotatable bonds is 1. The van der Waals surface area contributed by atoms with E-state index in [1.54, 1.807) is 0 Å². The third-order valence-corrected chi connectivity index (χ3v) is 3.12. The molecule has 0 aromatic heterocycles. The van der Waals surface area contributed by atoms with Crippen LogP contribution in [0.15, 0.2) is 17.0 Å². The molecule has 0 radical (unpaired) electrons. The normalized spacial score (nSPS) is 10.8. The SMILES string of the molecule is Cc1c(S(=O)(=O)[O-])ccc(N)c1Cl.[Li+]. The van der Waals surface area contributed by atoms with Gasteiger partial charge in [0.1, 0.15) is 10.1 Å². The molecule has 0 unspecified atom stereocenters. The molecule has 0 saturated heterocycles. The first-order valence-corrected chi connectivity index (χ1v) is 5.13. The van der Waals surface area contributed by atoms with E-state index >= 15 is 0 Å². The number of halogens is 1. The Morgan fingerprint density at radius 3 is 2.36 bits per heavy atom. The van der Waals surface area contributed by atoms with Crippen LogP contribution in [0.25, 0.3) is 0 Å². The summed E-state index contributed by atoms with van der Waals surface area (Å²) < 4.78 is 32.0. The number of benzene rings is 1. The molecule has 1 aromatic rings. The van der Waals surface area contributed by atoms with Gasteiger partial charge in [0.05, 0.1) is 15.6 Å². The van der Waals surface area contributed by atoms with Crippen LogP contribution in [0.2, 0.25) is 5.02 Å². The molecule has 0 bridgehead atoms. The van der Waals surface area contributed by atoms with Crippen molar-refractivity contribution in [1.82, 2.24) is 0 Å². The van der Waals surface area contributed by atoms with Crippen LogP contribution in [0.3, 0.4) is 0 Å². The molecule has 14 heavy (non-hydrogen) atoms. The first kappa shape index (κ1) is 13.8. The first-order valence-electron chi connectivity index (χ1n) is 3.34. The van der Waals surface area contributed by atoms with Crippen molar-refractivity contribution in [2.45, 2.75) is 11.8 Å². The van der Waals surface area contributed by atoms with Crippen LogP contribution in [-0.4, -0.2) is 13.0 Å². The topological polar surface area (TPSA) is 83.2 Å². The summed E-state index contributed by atoms with van der Waals surface area (Å²) in [7, 11) is -4.46. The summed E-state index contributed by atoms with van der Waals surface area (Å²) in [5.74, 6) is 0. The summed E-state index contributed by atoms with van der Waals surface area (Å²) in [4.78, 5) is -0.327. The maximum absolute atomic E-state index is 10.7. The Morgan fingerprint density at radius 2 is 1.93 bits per heavy atom. The number of hydrogen-bond acceptors (Lipinski definition) is 4. The van der Waals surface area contributed by atoms with Crippen molar-refractivity contribution < 1.29 is 31.8 Å². The van der Waals surface area contributed by atoms with E-state index in [0.29, 0.717) is 0 Å². The summed E-state index contributed by atoms with van der Waals surface area (Å²) in [6, 6.07) is 2.44. The summed E-state index contributed by atoms with van der Waals surface area (Å²) in [6.45, 7) is 1.43. The number of nitrogens with two attached hydrogens (primary N) is 1. The molecule has 72 valence electrons. The van der Waals surface area contributed by atoms with Gasteiger partial charge in [-0.05, 0) is 24.6 Å². The second-order valence-corrected chi connectivity index (χ2v) is 4.27. The molecular formula is C7H7ClLiNO3S. The molecule has 0 aliphatic rings. The van der Waals surface area contributed by atoms with E-state index in [1.807, 2.05) is 0 Å². The summed E-state index contributed by atoms with van der Waals surface area (Å²) in [6.07, 6.45) is 0. The van der Waals surface area contributed by atoms with E-state index in [4.69, 9.17) is 17.3 Å². The molecule has 0 saturated carbocycles. The van der Waals surface area contributed by atoms with Crippen LogP contribution < -0.4 is 24.6 Å². The number of hydrogen-bond donors (Lipinski definition) is 1. The third kappa shape index (κ3) is 2.66. The van der Waals surface area contributed by atoms with Crippen LogP contribution in [-0.2, 0) is 10.1 Å². The predicted molar refractivity (Wildman–Crippen MR) is 48.6 cm³/mol. The standard InChI is InChI=1S/C7H8ClNO3S.Li/c1-4-6(13(10,11)12)3-2-5(9)7(4)8;/h2-3H,9H2,1H3,(H,10,11,12);/q;+1/p-1. The maximum atomic E-state index is 10.7. The van der Waals surface area contributed by atoms with E-state index in [-0.39, 0.29) is 40.0 Å². The second-order valence-electron chi connectivity index (χ2n) is 2.55. The van der Waals surface area contributed by atoms with Gasteiger partial charge in [0.15, 0.2) is 0 Å². The van der Waals surface area contributed by atoms with Gasteiger partial charge in [0.2, 0.25) is 0 Å². The Labute approximate surface area is 99.4 Å². The Bertz CT molecular complexity index is 446. The van der Waals surface area contributed by atoms with Gasteiger partial charge in [-0.3, -0.25) is 0 Å².